The van der Waals surface area contributed by atoms with Gasteiger partial charge in [0.25, 0.3) is 5.91 Å². The minimum Gasteiger partial charge on any atom is -0.496 e. The molecular weight excluding hydrogens is 358 g/mol. The van der Waals surface area contributed by atoms with Crippen molar-refractivity contribution in [1.29, 1.82) is 0 Å². The van der Waals surface area contributed by atoms with Crippen LogP contribution >= 0.6 is 15.9 Å². The molecule has 0 bridgehead atoms. The summed E-state index contributed by atoms with van der Waals surface area (Å²) in [5, 5.41) is 5.07. The molecule has 0 saturated heterocycles. The first-order chi connectivity index (χ1) is 11.2. The number of nitrogens with zero attached hydrogens (tertiary/aromatic N) is 1. The molecule has 0 aliphatic rings. The number of aromatic amines is 1. The molecule has 1 amide bonds. The average molecular weight is 372 g/mol. The van der Waals surface area contributed by atoms with Crippen LogP contribution in [0, 0.1) is 0 Å². The van der Waals surface area contributed by atoms with Crippen LogP contribution in [0.1, 0.15) is 15.9 Å². The molecule has 1 aromatic heterocycles. The predicted octanol–water partition coefficient (Wildman–Crippen LogP) is 3.70. The van der Waals surface area contributed by atoms with Gasteiger partial charge in [0.05, 0.1) is 17.8 Å². The van der Waals surface area contributed by atoms with Crippen molar-refractivity contribution in [3.63, 3.8) is 0 Å². The average Bonchev–Trinajstić information content (AvgIpc) is 2.98. The Bertz CT molecular complexity index is 886. The summed E-state index contributed by atoms with van der Waals surface area (Å²) in [4.78, 5) is 15.2. The fourth-order valence-electron chi connectivity index (χ4n) is 2.23. The van der Waals surface area contributed by atoms with Crippen LogP contribution in [0.3, 0.4) is 0 Å². The fourth-order valence-corrected chi connectivity index (χ4v) is 2.77. The minimum atomic E-state index is -0.288. The van der Waals surface area contributed by atoms with Gasteiger partial charge in [0.1, 0.15) is 5.75 Å². The summed E-state index contributed by atoms with van der Waals surface area (Å²) >= 11 is 3.35. The van der Waals surface area contributed by atoms with E-state index in [1.807, 2.05) is 30.5 Å². The van der Waals surface area contributed by atoms with Gasteiger partial charge in [-0.25, -0.2) is 5.43 Å². The van der Waals surface area contributed by atoms with Crippen molar-refractivity contribution in [3.05, 3.63) is 64.3 Å². The maximum Gasteiger partial charge on any atom is 0.271 e. The lowest BCUT2D eigenvalue weighted by molar-refractivity contribution is 0.0955. The number of halogens is 1. The Morgan fingerprint density at radius 2 is 2.13 bits per heavy atom. The van der Waals surface area contributed by atoms with E-state index in [9.17, 15) is 4.79 Å². The molecule has 5 nitrogen and oxygen atoms in total. The van der Waals surface area contributed by atoms with E-state index >= 15 is 0 Å². The van der Waals surface area contributed by atoms with E-state index in [1.54, 1.807) is 31.5 Å². The number of hydrogen-bond acceptors (Lipinski definition) is 3. The first kappa shape index (κ1) is 15.3. The number of hydrogen-bond donors (Lipinski definition) is 2. The third-order valence-corrected chi connectivity index (χ3v) is 4.02. The number of amides is 1. The van der Waals surface area contributed by atoms with Crippen molar-refractivity contribution < 1.29 is 9.53 Å². The van der Waals surface area contributed by atoms with E-state index in [1.165, 1.54) is 0 Å². The second kappa shape index (κ2) is 6.66. The number of hydrazone groups is 1. The molecule has 2 aromatic carbocycles. The molecule has 0 spiro atoms. The largest absolute Gasteiger partial charge is 0.496 e. The molecule has 0 fully saturated rings. The molecule has 0 radical (unpaired) electrons. The van der Waals surface area contributed by atoms with Crippen LogP contribution in [0.25, 0.3) is 10.9 Å². The zero-order valence-electron chi connectivity index (χ0n) is 12.3. The van der Waals surface area contributed by atoms with Gasteiger partial charge in [-0.15, -0.1) is 0 Å². The van der Waals surface area contributed by atoms with E-state index in [4.69, 9.17) is 4.74 Å². The molecule has 3 rings (SSSR count). The van der Waals surface area contributed by atoms with Crippen LogP contribution in [-0.4, -0.2) is 24.2 Å². The van der Waals surface area contributed by atoms with Crippen LogP contribution in [0.15, 0.2) is 58.2 Å². The highest BCUT2D eigenvalue weighted by atomic mass is 79.9. The highest BCUT2D eigenvalue weighted by molar-refractivity contribution is 9.10. The Labute approximate surface area is 141 Å². The van der Waals surface area contributed by atoms with Gasteiger partial charge in [-0.1, -0.05) is 18.2 Å². The van der Waals surface area contributed by atoms with Gasteiger partial charge in [-0.05, 0) is 40.2 Å². The van der Waals surface area contributed by atoms with Crippen LogP contribution in [-0.2, 0) is 0 Å². The van der Waals surface area contributed by atoms with Crippen molar-refractivity contribution >= 4 is 39.0 Å². The van der Waals surface area contributed by atoms with Crippen LogP contribution in [0.2, 0.25) is 0 Å². The second-order valence-electron chi connectivity index (χ2n) is 4.84. The number of rotatable bonds is 4. The van der Waals surface area contributed by atoms with Gasteiger partial charge in [0.15, 0.2) is 0 Å². The van der Waals surface area contributed by atoms with Gasteiger partial charge in [-0.3, -0.25) is 4.79 Å². The van der Waals surface area contributed by atoms with Crippen LogP contribution in [0.4, 0.5) is 0 Å². The number of aromatic nitrogens is 1. The van der Waals surface area contributed by atoms with E-state index in [-0.39, 0.29) is 5.91 Å². The normalized spacial score (nSPS) is 11.0. The molecule has 1 heterocycles. The quantitative estimate of drug-likeness (QED) is 0.542. The molecule has 23 heavy (non-hydrogen) atoms. The molecule has 0 atom stereocenters. The number of H-pyrrole nitrogens is 1. The van der Waals surface area contributed by atoms with Gasteiger partial charge in [-0.2, -0.15) is 5.10 Å². The second-order valence-corrected chi connectivity index (χ2v) is 5.69. The summed E-state index contributed by atoms with van der Waals surface area (Å²) in [5.74, 6) is 0.383. The molecule has 6 heteroatoms. The third kappa shape index (κ3) is 3.27. The summed E-state index contributed by atoms with van der Waals surface area (Å²) in [7, 11) is 1.57. The first-order valence-corrected chi connectivity index (χ1v) is 7.71. The van der Waals surface area contributed by atoms with Gasteiger partial charge in [0.2, 0.25) is 0 Å². The van der Waals surface area contributed by atoms with Gasteiger partial charge < -0.3 is 9.72 Å². The molecule has 0 aliphatic carbocycles. The number of fused-ring (bicyclic) bond motifs is 1. The topological polar surface area (TPSA) is 66.5 Å². The Balaban J connectivity index is 1.72. The fraction of sp³-hybridized carbons (Fsp3) is 0.0588. The van der Waals surface area contributed by atoms with Crippen molar-refractivity contribution in [3.8, 4) is 5.75 Å². The summed E-state index contributed by atoms with van der Waals surface area (Å²) < 4.78 is 5.86. The highest BCUT2D eigenvalue weighted by Crippen LogP contribution is 2.25. The number of ether oxygens (including phenoxy) is 1. The SMILES string of the molecule is COc1ccc(C(=O)N/N=C/c2c[nH]c3ccccc23)cc1Br. The maximum absolute atomic E-state index is 12.1. The van der Waals surface area contributed by atoms with Crippen molar-refractivity contribution in [1.82, 2.24) is 10.4 Å². The number of carbonyl (C=O) groups is 1. The Morgan fingerprint density at radius 1 is 1.30 bits per heavy atom. The Hall–Kier alpha value is -2.60. The van der Waals surface area contributed by atoms with Crippen molar-refractivity contribution in [2.24, 2.45) is 5.10 Å². The minimum absolute atomic E-state index is 0.288. The van der Waals surface area contributed by atoms with Crippen molar-refractivity contribution in [2.45, 2.75) is 0 Å². The Kier molecular flexibility index (Phi) is 4.43. The molecule has 0 unspecified atom stereocenters. The summed E-state index contributed by atoms with van der Waals surface area (Å²) in [6, 6.07) is 13.0. The maximum atomic E-state index is 12.1. The number of carbonyl (C=O) groups excluding carboxylic acids is 1. The van der Waals surface area contributed by atoms with Crippen LogP contribution < -0.4 is 10.2 Å². The van der Waals surface area contributed by atoms with Gasteiger partial charge in [0, 0.05) is 28.2 Å². The number of benzene rings is 2. The predicted molar refractivity (Wildman–Crippen MR) is 94.1 cm³/mol. The molecule has 2 N–H and O–H groups in total. The zero-order chi connectivity index (χ0) is 16.2. The molecular formula is C17H14BrN3O2. The molecule has 0 aliphatic heterocycles. The summed E-state index contributed by atoms with van der Waals surface area (Å²) in [6.07, 6.45) is 3.47. The monoisotopic (exact) mass is 371 g/mol. The number of methoxy groups -OCH3 is 1. The van der Waals surface area contributed by atoms with E-state index < -0.39 is 0 Å². The lowest BCUT2D eigenvalue weighted by Gasteiger charge is -2.05. The van der Waals surface area contributed by atoms with E-state index in [2.05, 4.69) is 31.4 Å². The lowest BCUT2D eigenvalue weighted by atomic mass is 10.2. The molecule has 3 aromatic rings. The first-order valence-electron chi connectivity index (χ1n) is 6.92. The van der Waals surface area contributed by atoms with Gasteiger partial charge >= 0.3 is 0 Å². The van der Waals surface area contributed by atoms with E-state index in [0.29, 0.717) is 15.8 Å². The highest BCUT2D eigenvalue weighted by Gasteiger charge is 2.08. The lowest BCUT2D eigenvalue weighted by Crippen LogP contribution is -2.17. The van der Waals surface area contributed by atoms with Crippen LogP contribution in [0.5, 0.6) is 5.75 Å². The standard InChI is InChI=1S/C17H14BrN3O2/c1-23-16-7-6-11(8-14(16)18)17(22)21-20-10-12-9-19-15-5-3-2-4-13(12)15/h2-10,19H,1H3,(H,21,22)/b20-10+. The molecule has 116 valence electrons. The summed E-state index contributed by atoms with van der Waals surface area (Å²) in [5.41, 5.74) is 4.96. The van der Waals surface area contributed by atoms with E-state index in [0.717, 1.165) is 16.5 Å². The zero-order valence-corrected chi connectivity index (χ0v) is 13.9. The summed E-state index contributed by atoms with van der Waals surface area (Å²) in [6.45, 7) is 0. The Morgan fingerprint density at radius 3 is 2.91 bits per heavy atom. The van der Waals surface area contributed by atoms with Crippen molar-refractivity contribution in [2.75, 3.05) is 7.11 Å². The smallest absolute Gasteiger partial charge is 0.271 e. The third-order valence-electron chi connectivity index (χ3n) is 3.40. The number of nitrogens with one attached hydrogen (secondary N) is 2. The molecule has 0 saturated carbocycles. The number of para-hydroxylation sites is 1.